The average Bonchev–Trinajstić information content (AvgIpc) is 3.80. The predicted molar refractivity (Wildman–Crippen MR) is 195 cm³/mol. The second-order valence-corrected chi connectivity index (χ2v) is 11.3. The van der Waals surface area contributed by atoms with E-state index in [-0.39, 0.29) is 20.1 Å². The molecule has 3 heterocycles. The van der Waals surface area contributed by atoms with Crippen molar-refractivity contribution in [2.75, 3.05) is 0 Å². The molecule has 6 nitrogen and oxygen atoms in total. The molecule has 0 amide bonds. The maximum Gasteiger partial charge on any atom is 3.00 e. The van der Waals surface area contributed by atoms with Crippen LogP contribution in [-0.4, -0.2) is 28.7 Å². The van der Waals surface area contributed by atoms with E-state index in [1.165, 1.54) is 0 Å². The van der Waals surface area contributed by atoms with Gasteiger partial charge in [-0.05, 0) is 36.4 Å². The Morgan fingerprint density at radius 1 is 0.367 bits per heavy atom. The fourth-order valence-electron chi connectivity index (χ4n) is 5.76. The van der Waals surface area contributed by atoms with Crippen LogP contribution in [0.15, 0.2) is 146 Å². The molecule has 0 bridgehead atoms. The van der Waals surface area contributed by atoms with E-state index in [0.29, 0.717) is 0 Å². The van der Waals surface area contributed by atoms with Crippen molar-refractivity contribution in [3.05, 3.63) is 164 Å². The van der Waals surface area contributed by atoms with Gasteiger partial charge < -0.3 is 13.7 Å². The summed E-state index contributed by atoms with van der Waals surface area (Å²) in [4.78, 5) is 13.8. The average molecular weight is 814 g/mol. The number of fused-ring (bicyclic) bond motifs is 3. The molecule has 0 spiro atoms. The molecule has 0 aliphatic rings. The van der Waals surface area contributed by atoms with Crippen LogP contribution in [-0.2, 0) is 41.2 Å². The summed E-state index contributed by atoms with van der Waals surface area (Å²) in [5.74, 6) is 2.88. The van der Waals surface area contributed by atoms with Crippen molar-refractivity contribution >= 4 is 33.1 Å². The number of benzene rings is 6. The second-order valence-electron chi connectivity index (χ2n) is 11.3. The van der Waals surface area contributed by atoms with Crippen LogP contribution in [0.4, 0.5) is 0 Å². The first kappa shape index (κ1) is 33.3. The van der Waals surface area contributed by atoms with E-state index < -0.39 is 0 Å². The molecule has 0 fully saturated rings. The molecule has 9 rings (SSSR count). The number of aromatic nitrogens is 6. The zero-order valence-electron chi connectivity index (χ0n) is 27.4. The van der Waals surface area contributed by atoms with Gasteiger partial charge in [0.15, 0.2) is 0 Å². The minimum absolute atomic E-state index is 0. The van der Waals surface area contributed by atoms with Crippen LogP contribution in [0.2, 0.25) is 0 Å². The van der Waals surface area contributed by atoms with E-state index in [1.54, 1.807) is 0 Å². The fourth-order valence-corrected chi connectivity index (χ4v) is 5.76. The van der Waals surface area contributed by atoms with E-state index >= 15 is 0 Å². The van der Waals surface area contributed by atoms with Crippen LogP contribution in [0.5, 0.6) is 0 Å². The number of hydrogen-bond donors (Lipinski definition) is 0. The van der Waals surface area contributed by atoms with Gasteiger partial charge in [-0.3, -0.25) is 15.0 Å². The summed E-state index contributed by atoms with van der Waals surface area (Å²) in [5.41, 5.74) is 9.61. The van der Waals surface area contributed by atoms with Gasteiger partial charge in [-0.25, -0.2) is 0 Å². The zero-order valence-corrected chi connectivity index (χ0v) is 29.8. The Labute approximate surface area is 299 Å². The van der Waals surface area contributed by atoms with Gasteiger partial charge in [0.05, 0.1) is 50.6 Å². The largest absolute Gasteiger partial charge is 3.00 e. The molecule has 49 heavy (non-hydrogen) atoms. The summed E-state index contributed by atoms with van der Waals surface area (Å²) < 4.78 is 6.30. The Hall–Kier alpha value is -5.62. The minimum Gasteiger partial charge on any atom is -0.367 e. The van der Waals surface area contributed by atoms with E-state index in [9.17, 15) is 0 Å². The van der Waals surface area contributed by atoms with E-state index in [0.717, 1.165) is 67.3 Å². The molecule has 0 saturated carbocycles. The Balaban J connectivity index is 0.000000126. The number of aryl methyl sites for hydroxylation is 3. The maximum absolute atomic E-state index is 4.61. The summed E-state index contributed by atoms with van der Waals surface area (Å²) >= 11 is 0. The van der Waals surface area contributed by atoms with Crippen molar-refractivity contribution in [2.45, 2.75) is 0 Å². The van der Waals surface area contributed by atoms with Gasteiger partial charge >= 0.3 is 20.1 Å². The van der Waals surface area contributed by atoms with Gasteiger partial charge in [-0.2, -0.15) is 0 Å². The Morgan fingerprint density at radius 2 is 0.633 bits per heavy atom. The normalized spacial score (nSPS) is 10.6. The Kier molecular flexibility index (Phi) is 10.2. The van der Waals surface area contributed by atoms with Crippen LogP contribution in [0.3, 0.4) is 0 Å². The summed E-state index contributed by atoms with van der Waals surface area (Å²) in [5, 5.41) is 0. The summed E-state index contributed by atoms with van der Waals surface area (Å²) in [6.45, 7) is 0. The van der Waals surface area contributed by atoms with Crippen LogP contribution >= 0.6 is 0 Å². The molecule has 0 N–H and O–H groups in total. The van der Waals surface area contributed by atoms with Gasteiger partial charge in [0.2, 0.25) is 0 Å². The molecule has 0 aliphatic carbocycles. The number of rotatable bonds is 3. The van der Waals surface area contributed by atoms with Crippen molar-refractivity contribution in [1.82, 2.24) is 28.7 Å². The van der Waals surface area contributed by atoms with Crippen LogP contribution in [0.25, 0.3) is 67.3 Å². The first-order chi connectivity index (χ1) is 23.6. The van der Waals surface area contributed by atoms with E-state index in [2.05, 4.69) is 65.1 Å². The maximum atomic E-state index is 4.61. The SMILES string of the molecule is Cn1c(-c2[c-]cccc2)nc2ccccc21.Cn1c(-c2[c-]cccc2)nc2ccccc21.Cn1c(-c2[c-]cccc2)nc2ccccc21.[Ir+3]. The van der Waals surface area contributed by atoms with Crippen LogP contribution in [0, 0.1) is 18.2 Å². The van der Waals surface area contributed by atoms with Crippen molar-refractivity contribution in [3.63, 3.8) is 0 Å². The van der Waals surface area contributed by atoms with Gasteiger partial charge in [0.25, 0.3) is 0 Å². The molecular formula is C42H33IrN6. The molecular weight excluding hydrogens is 781 g/mol. The molecule has 240 valence electrons. The number of imidazole rings is 3. The Bertz CT molecular complexity index is 2150. The molecule has 9 aromatic rings. The van der Waals surface area contributed by atoms with Crippen LogP contribution in [0.1, 0.15) is 0 Å². The first-order valence-electron chi connectivity index (χ1n) is 15.7. The van der Waals surface area contributed by atoms with Gasteiger partial charge in [-0.1, -0.05) is 36.4 Å². The van der Waals surface area contributed by atoms with Crippen molar-refractivity contribution in [3.8, 4) is 34.2 Å². The molecule has 0 radical (unpaired) electrons. The summed E-state index contributed by atoms with van der Waals surface area (Å²) in [7, 11) is 6.10. The Morgan fingerprint density at radius 3 is 0.878 bits per heavy atom. The zero-order chi connectivity index (χ0) is 32.9. The molecule has 0 atom stereocenters. The topological polar surface area (TPSA) is 53.5 Å². The van der Waals surface area contributed by atoms with E-state index in [4.69, 9.17) is 0 Å². The van der Waals surface area contributed by atoms with Gasteiger partial charge in [0.1, 0.15) is 0 Å². The standard InChI is InChI=1S/3C14H11N2.Ir/c3*1-16-13-10-6-5-9-12(13)15-14(16)11-7-3-2-4-8-11;/h3*2-7,9-10H,1H3;/q3*-1;+3. The van der Waals surface area contributed by atoms with Crippen molar-refractivity contribution in [1.29, 1.82) is 0 Å². The molecule has 3 aromatic heterocycles. The summed E-state index contributed by atoms with van der Waals surface area (Å²) in [6.07, 6.45) is 0. The van der Waals surface area contributed by atoms with Gasteiger partial charge in [0, 0.05) is 21.1 Å². The smallest absolute Gasteiger partial charge is 0.367 e. The van der Waals surface area contributed by atoms with E-state index in [1.807, 2.05) is 149 Å². The number of nitrogens with zero attached hydrogens (tertiary/aromatic N) is 6. The van der Waals surface area contributed by atoms with Crippen molar-refractivity contribution in [2.24, 2.45) is 21.1 Å². The van der Waals surface area contributed by atoms with Crippen molar-refractivity contribution < 1.29 is 20.1 Å². The quantitative estimate of drug-likeness (QED) is 0.167. The molecule has 0 unspecified atom stereocenters. The molecule has 0 saturated heterocycles. The van der Waals surface area contributed by atoms with Gasteiger partial charge in [-0.15, -0.1) is 108 Å². The summed E-state index contributed by atoms with van der Waals surface area (Å²) in [6, 6.07) is 57.8. The third-order valence-corrected chi connectivity index (χ3v) is 8.21. The number of para-hydroxylation sites is 6. The fraction of sp³-hybridized carbons (Fsp3) is 0.0714. The minimum atomic E-state index is 0. The third-order valence-electron chi connectivity index (χ3n) is 8.21. The molecule has 0 aliphatic heterocycles. The predicted octanol–water partition coefficient (Wildman–Crippen LogP) is 9.12. The third kappa shape index (κ3) is 7.00. The van der Waals surface area contributed by atoms with Crippen LogP contribution < -0.4 is 0 Å². The first-order valence-corrected chi connectivity index (χ1v) is 15.7. The molecule has 6 aromatic carbocycles. The second kappa shape index (κ2) is 15.1. The monoisotopic (exact) mass is 814 g/mol. The number of hydrogen-bond acceptors (Lipinski definition) is 3. The molecule has 7 heteroatoms.